The van der Waals surface area contributed by atoms with Gasteiger partial charge in [-0.2, -0.15) is 0 Å². The normalized spacial score (nSPS) is 13.2. The summed E-state index contributed by atoms with van der Waals surface area (Å²) in [4.78, 5) is 12.5. The molecule has 0 spiro atoms. The van der Waals surface area contributed by atoms with Gasteiger partial charge in [0, 0.05) is 12.0 Å². The third kappa shape index (κ3) is 5.32. The van der Waals surface area contributed by atoms with E-state index in [0.29, 0.717) is 13.0 Å². The number of alkyl carbamates (subject to hydrolysis) is 1. The van der Waals surface area contributed by atoms with Crippen molar-refractivity contribution >= 4 is 11.7 Å². The van der Waals surface area contributed by atoms with Crippen molar-refractivity contribution in [1.29, 1.82) is 0 Å². The lowest BCUT2D eigenvalue weighted by Gasteiger charge is -2.17. The maximum absolute atomic E-state index is 12.5. The van der Waals surface area contributed by atoms with Gasteiger partial charge in [-0.1, -0.05) is 110 Å². The van der Waals surface area contributed by atoms with E-state index in [9.17, 15) is 4.79 Å². The Morgan fingerprint density at radius 3 is 2.12 bits per heavy atom. The van der Waals surface area contributed by atoms with Crippen LogP contribution in [0.15, 0.2) is 110 Å². The number of hydrogen-bond donors (Lipinski definition) is 1. The van der Waals surface area contributed by atoms with Crippen molar-refractivity contribution in [3.8, 4) is 11.1 Å². The van der Waals surface area contributed by atoms with Crippen molar-refractivity contribution in [3.63, 3.8) is 0 Å². The van der Waals surface area contributed by atoms with Gasteiger partial charge in [-0.3, -0.25) is 0 Å². The van der Waals surface area contributed by atoms with Crippen molar-refractivity contribution in [3.05, 3.63) is 126 Å². The molecule has 1 N–H and O–H groups in total. The van der Waals surface area contributed by atoms with Crippen molar-refractivity contribution in [1.82, 2.24) is 5.32 Å². The fourth-order valence-electron chi connectivity index (χ4n) is 4.32. The fourth-order valence-corrected chi connectivity index (χ4v) is 4.32. The summed E-state index contributed by atoms with van der Waals surface area (Å²) in [6, 6.07) is 26.6. The van der Waals surface area contributed by atoms with Gasteiger partial charge in [0.15, 0.2) is 0 Å². The monoisotopic (exact) mass is 435 g/mol. The second-order valence-electron chi connectivity index (χ2n) is 8.46. The quantitative estimate of drug-likeness (QED) is 0.382. The third-order valence-corrected chi connectivity index (χ3v) is 5.94. The lowest BCUT2D eigenvalue weighted by atomic mass is 9.98. The predicted molar refractivity (Wildman–Crippen MR) is 136 cm³/mol. The second-order valence-corrected chi connectivity index (χ2v) is 8.46. The minimum atomic E-state index is -0.408. The van der Waals surface area contributed by atoms with Gasteiger partial charge in [0.2, 0.25) is 0 Å². The molecule has 1 amide bonds. The Kier molecular flexibility index (Phi) is 6.89. The zero-order chi connectivity index (χ0) is 23.2. The molecule has 3 aromatic rings. The summed E-state index contributed by atoms with van der Waals surface area (Å²) < 4.78 is 5.64. The Hall–Kier alpha value is -3.85. The number of ether oxygens (including phenoxy) is 1. The first-order valence-electron chi connectivity index (χ1n) is 11.2. The zero-order valence-electron chi connectivity index (χ0n) is 19.0. The summed E-state index contributed by atoms with van der Waals surface area (Å²) in [5, 5.41) is 2.92. The van der Waals surface area contributed by atoms with Gasteiger partial charge >= 0.3 is 6.09 Å². The highest BCUT2D eigenvalue weighted by Crippen LogP contribution is 2.44. The molecule has 166 valence electrons. The maximum Gasteiger partial charge on any atom is 0.407 e. The van der Waals surface area contributed by atoms with Gasteiger partial charge in [-0.15, -0.1) is 0 Å². The van der Waals surface area contributed by atoms with E-state index in [0.717, 1.165) is 16.7 Å². The smallest absolute Gasteiger partial charge is 0.407 e. The second kappa shape index (κ2) is 10.2. The minimum absolute atomic E-state index is 0.0559. The number of carbonyl (C=O) groups excluding carboxylic acids is 1. The first kappa shape index (κ1) is 22.3. The molecule has 4 rings (SSSR count). The van der Waals surface area contributed by atoms with Gasteiger partial charge < -0.3 is 10.1 Å². The Bertz CT molecular complexity index is 1150. The maximum atomic E-state index is 12.5. The first-order valence-corrected chi connectivity index (χ1v) is 11.2. The van der Waals surface area contributed by atoms with Crippen LogP contribution in [0.1, 0.15) is 36.0 Å². The van der Waals surface area contributed by atoms with Crippen LogP contribution in [0.5, 0.6) is 0 Å². The van der Waals surface area contributed by atoms with E-state index in [2.05, 4.69) is 42.7 Å². The SMILES string of the molecule is C=C(/C=C\C(=C)c1ccccc1)C[C@H](C)NC(=O)OCC1c2ccccc2-c2ccccc21. The van der Waals surface area contributed by atoms with Gasteiger partial charge in [-0.05, 0) is 46.7 Å². The van der Waals surface area contributed by atoms with Crippen molar-refractivity contribution in [2.75, 3.05) is 6.61 Å². The van der Waals surface area contributed by atoms with Crippen LogP contribution in [-0.4, -0.2) is 18.7 Å². The molecule has 0 aromatic heterocycles. The number of nitrogens with one attached hydrogen (secondary N) is 1. The van der Waals surface area contributed by atoms with Crippen LogP contribution in [0.25, 0.3) is 16.7 Å². The molecule has 0 unspecified atom stereocenters. The molecule has 1 aliphatic rings. The fraction of sp³-hybridized carbons (Fsp3) is 0.167. The third-order valence-electron chi connectivity index (χ3n) is 5.94. The number of hydrogen-bond acceptors (Lipinski definition) is 2. The van der Waals surface area contributed by atoms with Crippen LogP contribution in [-0.2, 0) is 4.74 Å². The molecule has 0 fully saturated rings. The molecular formula is C30H29NO2. The number of allylic oxidation sites excluding steroid dienone is 3. The Morgan fingerprint density at radius 1 is 0.909 bits per heavy atom. The van der Waals surface area contributed by atoms with Gasteiger partial charge in [0.05, 0.1) is 0 Å². The molecular weight excluding hydrogens is 406 g/mol. The standard InChI is InChI=1S/C30H29NO2/c1-21(17-18-22(2)24-11-5-4-6-12-24)19-23(3)31-30(32)33-20-29-27-15-9-7-13-25(27)26-14-8-10-16-28(26)29/h4-18,23,29H,1-2,19-20H2,3H3,(H,31,32)/b18-17-/t23-/m0/s1. The van der Waals surface area contributed by atoms with Crippen molar-refractivity contribution < 1.29 is 9.53 Å². The highest BCUT2D eigenvalue weighted by atomic mass is 16.5. The summed E-state index contributed by atoms with van der Waals surface area (Å²) in [6.45, 7) is 10.5. The average Bonchev–Trinajstić information content (AvgIpc) is 3.15. The lowest BCUT2D eigenvalue weighted by molar-refractivity contribution is 0.140. The molecule has 3 aromatic carbocycles. The number of benzene rings is 3. The summed E-state index contributed by atoms with van der Waals surface area (Å²) in [5.41, 5.74) is 7.76. The molecule has 1 atom stereocenters. The molecule has 33 heavy (non-hydrogen) atoms. The largest absolute Gasteiger partial charge is 0.449 e. The number of carbonyl (C=O) groups is 1. The van der Waals surface area contributed by atoms with E-state index < -0.39 is 6.09 Å². The molecule has 0 bridgehead atoms. The van der Waals surface area contributed by atoms with Crippen LogP contribution >= 0.6 is 0 Å². The highest BCUT2D eigenvalue weighted by molar-refractivity contribution is 5.79. The topological polar surface area (TPSA) is 38.3 Å². The molecule has 1 aliphatic carbocycles. The van der Waals surface area contributed by atoms with Crippen LogP contribution in [0.3, 0.4) is 0 Å². The number of amides is 1. The van der Waals surface area contributed by atoms with E-state index >= 15 is 0 Å². The number of fused-ring (bicyclic) bond motifs is 3. The van der Waals surface area contributed by atoms with E-state index in [1.54, 1.807) is 0 Å². The van der Waals surface area contributed by atoms with Crippen LogP contribution in [0.2, 0.25) is 0 Å². The Labute approximate surface area is 196 Å². The number of rotatable bonds is 8. The Morgan fingerprint density at radius 2 is 1.48 bits per heavy atom. The minimum Gasteiger partial charge on any atom is -0.449 e. The van der Waals surface area contributed by atoms with Crippen LogP contribution in [0, 0.1) is 0 Å². The van der Waals surface area contributed by atoms with E-state index in [1.165, 1.54) is 22.3 Å². The predicted octanol–water partition coefficient (Wildman–Crippen LogP) is 7.13. The molecule has 0 saturated heterocycles. The molecule has 0 heterocycles. The molecule has 0 saturated carbocycles. The first-order chi connectivity index (χ1) is 16.0. The van der Waals surface area contributed by atoms with Gasteiger partial charge in [-0.25, -0.2) is 4.79 Å². The van der Waals surface area contributed by atoms with Crippen molar-refractivity contribution in [2.45, 2.75) is 25.3 Å². The molecule has 0 aliphatic heterocycles. The van der Waals surface area contributed by atoms with E-state index in [1.807, 2.05) is 73.7 Å². The summed E-state index contributed by atoms with van der Waals surface area (Å²) in [5.74, 6) is 0.0559. The Balaban J connectivity index is 1.28. The summed E-state index contributed by atoms with van der Waals surface area (Å²) in [6.07, 6.45) is 4.13. The summed E-state index contributed by atoms with van der Waals surface area (Å²) in [7, 11) is 0. The molecule has 3 nitrogen and oxygen atoms in total. The van der Waals surface area contributed by atoms with E-state index in [4.69, 9.17) is 4.74 Å². The summed E-state index contributed by atoms with van der Waals surface area (Å²) >= 11 is 0. The zero-order valence-corrected chi connectivity index (χ0v) is 19.0. The molecule has 0 radical (unpaired) electrons. The van der Waals surface area contributed by atoms with Gasteiger partial charge in [0.25, 0.3) is 0 Å². The van der Waals surface area contributed by atoms with Crippen LogP contribution < -0.4 is 5.32 Å². The van der Waals surface area contributed by atoms with Gasteiger partial charge in [0.1, 0.15) is 6.61 Å². The molecule has 3 heteroatoms. The van der Waals surface area contributed by atoms with E-state index in [-0.39, 0.29) is 12.0 Å². The van der Waals surface area contributed by atoms with Crippen molar-refractivity contribution in [2.24, 2.45) is 0 Å². The average molecular weight is 436 g/mol. The lowest BCUT2D eigenvalue weighted by Crippen LogP contribution is -2.34. The highest BCUT2D eigenvalue weighted by Gasteiger charge is 2.29. The van der Waals surface area contributed by atoms with Crippen LogP contribution in [0.4, 0.5) is 4.79 Å².